The van der Waals surface area contributed by atoms with E-state index in [1.165, 1.54) is 0 Å². The minimum absolute atomic E-state index is 0.0723. The Morgan fingerprint density at radius 3 is 2.62 bits per heavy atom. The van der Waals surface area contributed by atoms with E-state index in [-0.39, 0.29) is 5.78 Å². The van der Waals surface area contributed by atoms with Crippen LogP contribution in [-0.2, 0) is 0 Å². The van der Waals surface area contributed by atoms with Crippen molar-refractivity contribution in [3.8, 4) is 0 Å². The maximum Gasteiger partial charge on any atom is 0.173 e. The van der Waals surface area contributed by atoms with Gasteiger partial charge in [-0.1, -0.05) is 27.5 Å². The highest BCUT2D eigenvalue weighted by Crippen LogP contribution is 2.22. The Hall–Kier alpha value is -0.340. The third-order valence-corrected chi connectivity index (χ3v) is 2.81. The maximum absolute atomic E-state index is 11.4. The summed E-state index contributed by atoms with van der Waals surface area (Å²) in [6.07, 6.45) is 0. The molecule has 1 rings (SSSR count). The van der Waals surface area contributed by atoms with Crippen molar-refractivity contribution >= 4 is 33.3 Å². The average molecular weight is 262 g/mol. The molecule has 3 heteroatoms. The summed E-state index contributed by atoms with van der Waals surface area (Å²) < 4.78 is 0. The van der Waals surface area contributed by atoms with E-state index in [4.69, 9.17) is 11.6 Å². The van der Waals surface area contributed by atoms with Gasteiger partial charge < -0.3 is 0 Å². The van der Waals surface area contributed by atoms with Crippen molar-refractivity contribution in [1.29, 1.82) is 0 Å². The number of carbonyl (C=O) groups excluding carboxylic acids is 1. The molecule has 0 aliphatic heterocycles. The zero-order chi connectivity index (χ0) is 10.0. The smallest absolute Gasteiger partial charge is 0.173 e. The third kappa shape index (κ3) is 2.32. The number of ketones is 1. The zero-order valence-corrected chi connectivity index (χ0v) is 9.87. The standard InChI is InChI=1S/C10H10BrClO/c1-6-3-8(10(13)5-11)7(2)9(12)4-6/h3-4H,5H2,1-2H3. The third-order valence-electron chi connectivity index (χ3n) is 1.91. The number of rotatable bonds is 2. The number of hydrogen-bond acceptors (Lipinski definition) is 1. The Labute approximate surface area is 91.2 Å². The highest BCUT2D eigenvalue weighted by Gasteiger charge is 2.10. The van der Waals surface area contributed by atoms with Gasteiger partial charge in [-0.15, -0.1) is 0 Å². The Morgan fingerprint density at radius 1 is 1.46 bits per heavy atom. The average Bonchev–Trinajstić information content (AvgIpc) is 2.10. The Morgan fingerprint density at radius 2 is 2.08 bits per heavy atom. The molecule has 1 aromatic carbocycles. The van der Waals surface area contributed by atoms with E-state index in [2.05, 4.69) is 15.9 Å². The van der Waals surface area contributed by atoms with Crippen LogP contribution in [0.5, 0.6) is 0 Å². The fraction of sp³-hybridized carbons (Fsp3) is 0.300. The number of carbonyl (C=O) groups is 1. The van der Waals surface area contributed by atoms with Crippen LogP contribution < -0.4 is 0 Å². The van der Waals surface area contributed by atoms with Crippen LogP contribution in [0, 0.1) is 13.8 Å². The van der Waals surface area contributed by atoms with E-state index in [1.54, 1.807) is 0 Å². The molecule has 0 saturated heterocycles. The van der Waals surface area contributed by atoms with Crippen LogP contribution in [-0.4, -0.2) is 11.1 Å². The molecule has 0 saturated carbocycles. The van der Waals surface area contributed by atoms with E-state index in [0.29, 0.717) is 15.9 Å². The van der Waals surface area contributed by atoms with Crippen molar-refractivity contribution in [1.82, 2.24) is 0 Å². The van der Waals surface area contributed by atoms with Gasteiger partial charge in [-0.25, -0.2) is 0 Å². The Balaban J connectivity index is 3.28. The molecule has 0 atom stereocenters. The van der Waals surface area contributed by atoms with Gasteiger partial charge in [-0.3, -0.25) is 4.79 Å². The molecule has 0 radical (unpaired) electrons. The molecule has 0 aliphatic rings. The van der Waals surface area contributed by atoms with Gasteiger partial charge in [0.2, 0.25) is 0 Å². The molecule has 0 bridgehead atoms. The molecule has 0 spiro atoms. The number of benzene rings is 1. The monoisotopic (exact) mass is 260 g/mol. The minimum atomic E-state index is 0.0723. The second-order valence-corrected chi connectivity index (χ2v) is 3.94. The molecule has 13 heavy (non-hydrogen) atoms. The number of Topliss-reactive ketones (excluding diaryl/α,β-unsaturated/α-hetero) is 1. The first-order valence-electron chi connectivity index (χ1n) is 3.92. The van der Waals surface area contributed by atoms with Crippen molar-refractivity contribution in [2.45, 2.75) is 13.8 Å². The molecule has 70 valence electrons. The first-order chi connectivity index (χ1) is 6.06. The summed E-state index contributed by atoms with van der Waals surface area (Å²) in [4.78, 5) is 11.4. The van der Waals surface area contributed by atoms with Gasteiger partial charge in [-0.05, 0) is 37.1 Å². The number of hydrogen-bond donors (Lipinski definition) is 0. The van der Waals surface area contributed by atoms with E-state index >= 15 is 0 Å². The Kier molecular flexibility index (Phi) is 3.51. The van der Waals surface area contributed by atoms with E-state index < -0.39 is 0 Å². The predicted molar refractivity (Wildman–Crippen MR) is 59.1 cm³/mol. The summed E-state index contributed by atoms with van der Waals surface area (Å²) in [5.41, 5.74) is 2.58. The summed E-state index contributed by atoms with van der Waals surface area (Å²) in [5.74, 6) is 0.0723. The topological polar surface area (TPSA) is 17.1 Å². The van der Waals surface area contributed by atoms with Gasteiger partial charge in [0, 0.05) is 10.6 Å². The van der Waals surface area contributed by atoms with Gasteiger partial charge in [0.15, 0.2) is 5.78 Å². The predicted octanol–water partition coefficient (Wildman–Crippen LogP) is 3.53. The van der Waals surface area contributed by atoms with Gasteiger partial charge in [0.05, 0.1) is 5.33 Å². The van der Waals surface area contributed by atoms with Crippen LogP contribution >= 0.6 is 27.5 Å². The molecule has 0 aliphatic carbocycles. The summed E-state index contributed by atoms with van der Waals surface area (Å²) in [6, 6.07) is 3.73. The lowest BCUT2D eigenvalue weighted by Gasteiger charge is -2.06. The molecular formula is C10H10BrClO. The van der Waals surface area contributed by atoms with Crippen molar-refractivity contribution < 1.29 is 4.79 Å². The number of aryl methyl sites for hydroxylation is 1. The molecule has 0 heterocycles. The minimum Gasteiger partial charge on any atom is -0.293 e. The molecule has 0 aromatic heterocycles. The van der Waals surface area contributed by atoms with Crippen molar-refractivity contribution in [3.05, 3.63) is 33.8 Å². The molecule has 0 fully saturated rings. The molecule has 0 N–H and O–H groups in total. The maximum atomic E-state index is 11.4. The van der Waals surface area contributed by atoms with Gasteiger partial charge >= 0.3 is 0 Å². The lowest BCUT2D eigenvalue weighted by Crippen LogP contribution is -2.03. The fourth-order valence-corrected chi connectivity index (χ4v) is 1.75. The van der Waals surface area contributed by atoms with Gasteiger partial charge in [-0.2, -0.15) is 0 Å². The van der Waals surface area contributed by atoms with Crippen LogP contribution in [0.1, 0.15) is 21.5 Å². The second-order valence-electron chi connectivity index (χ2n) is 2.98. The number of halogens is 2. The SMILES string of the molecule is Cc1cc(Cl)c(C)c(C(=O)CBr)c1. The van der Waals surface area contributed by atoms with Crippen molar-refractivity contribution in [2.24, 2.45) is 0 Å². The van der Waals surface area contributed by atoms with E-state index in [9.17, 15) is 4.79 Å². The fourth-order valence-electron chi connectivity index (χ4n) is 1.18. The summed E-state index contributed by atoms with van der Waals surface area (Å²) in [5, 5.41) is 0.998. The van der Waals surface area contributed by atoms with Gasteiger partial charge in [0.25, 0.3) is 0 Å². The van der Waals surface area contributed by atoms with E-state index in [0.717, 1.165) is 11.1 Å². The zero-order valence-electron chi connectivity index (χ0n) is 7.53. The molecular weight excluding hydrogens is 251 g/mol. The molecule has 1 nitrogen and oxygen atoms in total. The van der Waals surface area contributed by atoms with Crippen molar-refractivity contribution in [2.75, 3.05) is 5.33 Å². The van der Waals surface area contributed by atoms with E-state index in [1.807, 2.05) is 26.0 Å². The molecule has 0 amide bonds. The largest absolute Gasteiger partial charge is 0.293 e. The summed E-state index contributed by atoms with van der Waals surface area (Å²) >= 11 is 9.09. The highest BCUT2D eigenvalue weighted by atomic mass is 79.9. The Bertz CT molecular complexity index is 347. The quantitative estimate of drug-likeness (QED) is 0.588. The van der Waals surface area contributed by atoms with Crippen LogP contribution in [0.2, 0.25) is 5.02 Å². The molecule has 1 aromatic rings. The van der Waals surface area contributed by atoms with Crippen LogP contribution in [0.4, 0.5) is 0 Å². The second kappa shape index (κ2) is 4.25. The lowest BCUT2D eigenvalue weighted by atomic mass is 10.0. The van der Waals surface area contributed by atoms with Crippen molar-refractivity contribution in [3.63, 3.8) is 0 Å². The summed E-state index contributed by atoms with van der Waals surface area (Å²) in [7, 11) is 0. The van der Waals surface area contributed by atoms with Crippen LogP contribution in [0.3, 0.4) is 0 Å². The first kappa shape index (κ1) is 10.7. The lowest BCUT2D eigenvalue weighted by molar-refractivity contribution is 0.102. The van der Waals surface area contributed by atoms with Crippen LogP contribution in [0.25, 0.3) is 0 Å². The highest BCUT2D eigenvalue weighted by molar-refractivity contribution is 9.09. The number of alkyl halides is 1. The first-order valence-corrected chi connectivity index (χ1v) is 5.42. The van der Waals surface area contributed by atoms with Crippen LogP contribution in [0.15, 0.2) is 12.1 Å². The molecule has 0 unspecified atom stereocenters. The summed E-state index contributed by atoms with van der Waals surface area (Å²) in [6.45, 7) is 3.79. The van der Waals surface area contributed by atoms with Gasteiger partial charge in [0.1, 0.15) is 0 Å². The normalized spacial score (nSPS) is 10.2.